The second kappa shape index (κ2) is 3.35. The highest BCUT2D eigenvalue weighted by Gasteiger charge is 2.25. The Kier molecular flexibility index (Phi) is 2.69. The minimum atomic E-state index is 0.125. The standard InChI is InChI=1S/C8H15OSi/c1-2-5-8(10)6-3-4-7-9-8/h2,5H,1,3-4,6-7H2,10H3. The summed E-state index contributed by atoms with van der Waals surface area (Å²) in [5.74, 6) is 0. The second-order valence-electron chi connectivity index (χ2n) is 3.02. The Balaban J connectivity index is 2.39. The van der Waals surface area contributed by atoms with Gasteiger partial charge in [0.25, 0.3) is 0 Å². The molecule has 0 aromatic carbocycles. The Bertz CT molecular complexity index is 116. The van der Waals surface area contributed by atoms with Crippen LogP contribution in [0, 0.1) is 6.42 Å². The van der Waals surface area contributed by atoms with Crippen LogP contribution in [0.25, 0.3) is 0 Å². The molecule has 10 heavy (non-hydrogen) atoms. The quantitative estimate of drug-likeness (QED) is 0.532. The zero-order chi connectivity index (χ0) is 7.45. The molecule has 0 N–H and O–H groups in total. The molecule has 1 saturated heterocycles. The molecule has 1 unspecified atom stereocenters. The summed E-state index contributed by atoms with van der Waals surface area (Å²) in [6, 6.07) is 0. The molecular weight excluding hydrogens is 140 g/mol. The summed E-state index contributed by atoms with van der Waals surface area (Å²) in [4.78, 5) is 0. The van der Waals surface area contributed by atoms with Gasteiger partial charge in [0, 0.05) is 23.3 Å². The van der Waals surface area contributed by atoms with Crippen molar-refractivity contribution in [3.8, 4) is 0 Å². The van der Waals surface area contributed by atoms with Crippen LogP contribution < -0.4 is 0 Å². The minimum absolute atomic E-state index is 0.125. The molecule has 0 aliphatic carbocycles. The first-order chi connectivity index (χ1) is 4.77. The smallest absolute Gasteiger partial charge is 0.0553 e. The van der Waals surface area contributed by atoms with Gasteiger partial charge in [-0.1, -0.05) is 6.08 Å². The molecular formula is C8H15OSi. The average molecular weight is 155 g/mol. The molecule has 57 valence electrons. The summed E-state index contributed by atoms with van der Waals surface area (Å²) in [5, 5.41) is 0.125. The molecule has 0 spiro atoms. The number of rotatable bonds is 2. The fourth-order valence-corrected chi connectivity index (χ4v) is 2.13. The van der Waals surface area contributed by atoms with Crippen LogP contribution in [-0.4, -0.2) is 22.1 Å². The van der Waals surface area contributed by atoms with Crippen molar-refractivity contribution in [2.45, 2.75) is 24.5 Å². The van der Waals surface area contributed by atoms with Gasteiger partial charge in [0.15, 0.2) is 0 Å². The van der Waals surface area contributed by atoms with Crippen molar-refractivity contribution in [1.82, 2.24) is 0 Å². The molecule has 0 amide bonds. The second-order valence-corrected chi connectivity index (χ2v) is 4.71. The third kappa shape index (κ3) is 1.96. The predicted molar refractivity (Wildman–Crippen MR) is 47.0 cm³/mol. The lowest BCUT2D eigenvalue weighted by Crippen LogP contribution is -2.36. The summed E-state index contributed by atoms with van der Waals surface area (Å²) in [6.45, 7) is 4.62. The Morgan fingerprint density at radius 3 is 2.80 bits per heavy atom. The highest BCUT2D eigenvalue weighted by Crippen LogP contribution is 2.24. The van der Waals surface area contributed by atoms with Crippen molar-refractivity contribution in [2.75, 3.05) is 6.61 Å². The van der Waals surface area contributed by atoms with Crippen LogP contribution in [0.3, 0.4) is 0 Å². The zero-order valence-corrected chi connectivity index (χ0v) is 8.60. The monoisotopic (exact) mass is 155 g/mol. The van der Waals surface area contributed by atoms with Crippen molar-refractivity contribution >= 4 is 10.2 Å². The lowest BCUT2D eigenvalue weighted by Gasteiger charge is -2.32. The molecule has 0 bridgehead atoms. The van der Waals surface area contributed by atoms with Crippen molar-refractivity contribution < 1.29 is 4.74 Å². The van der Waals surface area contributed by atoms with Crippen molar-refractivity contribution in [2.24, 2.45) is 0 Å². The van der Waals surface area contributed by atoms with E-state index in [-0.39, 0.29) is 5.22 Å². The molecule has 1 fully saturated rings. The van der Waals surface area contributed by atoms with Crippen LogP contribution >= 0.6 is 0 Å². The number of ether oxygens (including phenoxy) is 1. The van der Waals surface area contributed by atoms with Crippen molar-refractivity contribution in [3.05, 3.63) is 19.1 Å². The van der Waals surface area contributed by atoms with E-state index in [2.05, 4.69) is 13.0 Å². The zero-order valence-electron chi connectivity index (χ0n) is 6.60. The van der Waals surface area contributed by atoms with Gasteiger partial charge >= 0.3 is 0 Å². The van der Waals surface area contributed by atoms with Crippen LogP contribution in [-0.2, 0) is 4.74 Å². The van der Waals surface area contributed by atoms with E-state index in [9.17, 15) is 0 Å². The molecule has 1 aliphatic rings. The first-order valence-electron chi connectivity index (χ1n) is 3.88. The SMILES string of the molecule is C=C[CH]C1([SiH3])CCCCO1. The van der Waals surface area contributed by atoms with Gasteiger partial charge in [0.2, 0.25) is 0 Å². The first-order valence-corrected chi connectivity index (χ1v) is 4.88. The van der Waals surface area contributed by atoms with Crippen molar-refractivity contribution in [1.29, 1.82) is 0 Å². The van der Waals surface area contributed by atoms with E-state index in [4.69, 9.17) is 4.74 Å². The van der Waals surface area contributed by atoms with E-state index in [0.717, 1.165) is 16.8 Å². The fourth-order valence-electron chi connectivity index (χ4n) is 1.34. The van der Waals surface area contributed by atoms with E-state index < -0.39 is 0 Å². The van der Waals surface area contributed by atoms with Gasteiger partial charge in [-0.3, -0.25) is 0 Å². The van der Waals surface area contributed by atoms with Gasteiger partial charge in [-0.05, 0) is 19.3 Å². The van der Waals surface area contributed by atoms with E-state index in [1.807, 2.05) is 6.08 Å². The first kappa shape index (κ1) is 8.02. The van der Waals surface area contributed by atoms with E-state index in [1.165, 1.54) is 19.3 Å². The Morgan fingerprint density at radius 2 is 2.30 bits per heavy atom. The predicted octanol–water partition coefficient (Wildman–Crippen LogP) is 0.639. The van der Waals surface area contributed by atoms with Gasteiger partial charge in [-0.15, -0.1) is 6.58 Å². The Hall–Kier alpha value is -0.0831. The third-order valence-electron chi connectivity index (χ3n) is 1.97. The summed E-state index contributed by atoms with van der Waals surface area (Å²) in [6.07, 6.45) is 7.71. The average Bonchev–Trinajstić information content (AvgIpc) is 1.89. The van der Waals surface area contributed by atoms with E-state index >= 15 is 0 Å². The van der Waals surface area contributed by atoms with Gasteiger partial charge < -0.3 is 4.74 Å². The van der Waals surface area contributed by atoms with Crippen LogP contribution in [0.4, 0.5) is 0 Å². The van der Waals surface area contributed by atoms with Crippen molar-refractivity contribution in [3.63, 3.8) is 0 Å². The maximum absolute atomic E-state index is 5.64. The van der Waals surface area contributed by atoms with Crippen LogP contribution in [0.15, 0.2) is 12.7 Å². The molecule has 2 heteroatoms. The number of hydrogen-bond donors (Lipinski definition) is 0. The Labute approximate surface area is 65.9 Å². The maximum Gasteiger partial charge on any atom is 0.0553 e. The lowest BCUT2D eigenvalue weighted by molar-refractivity contribution is 0.00739. The van der Waals surface area contributed by atoms with Gasteiger partial charge in [-0.2, -0.15) is 0 Å². The van der Waals surface area contributed by atoms with Crippen LogP contribution in [0.2, 0.25) is 0 Å². The van der Waals surface area contributed by atoms with Crippen LogP contribution in [0.5, 0.6) is 0 Å². The summed E-state index contributed by atoms with van der Waals surface area (Å²) in [5.41, 5.74) is 0. The molecule has 1 atom stereocenters. The molecule has 1 rings (SSSR count). The van der Waals surface area contributed by atoms with Gasteiger partial charge in [-0.25, -0.2) is 0 Å². The third-order valence-corrected chi connectivity index (χ3v) is 3.09. The molecule has 0 aromatic rings. The highest BCUT2D eigenvalue weighted by atomic mass is 28.1. The van der Waals surface area contributed by atoms with E-state index in [1.54, 1.807) is 0 Å². The molecule has 1 aliphatic heterocycles. The fraction of sp³-hybridized carbons (Fsp3) is 0.625. The Morgan fingerprint density at radius 1 is 1.50 bits per heavy atom. The molecule has 1 nitrogen and oxygen atoms in total. The molecule has 0 saturated carbocycles. The highest BCUT2D eigenvalue weighted by molar-refractivity contribution is 6.15. The summed E-state index contributed by atoms with van der Waals surface area (Å²) in [7, 11) is 1.09. The summed E-state index contributed by atoms with van der Waals surface area (Å²) < 4.78 is 5.64. The normalized spacial score (nSPS) is 34.0. The lowest BCUT2D eigenvalue weighted by atomic mass is 10.1. The number of hydrogen-bond acceptors (Lipinski definition) is 1. The summed E-state index contributed by atoms with van der Waals surface area (Å²) >= 11 is 0. The molecule has 1 radical (unpaired) electrons. The topological polar surface area (TPSA) is 9.23 Å². The van der Waals surface area contributed by atoms with E-state index in [0.29, 0.717) is 0 Å². The van der Waals surface area contributed by atoms with Crippen LogP contribution in [0.1, 0.15) is 19.3 Å². The molecule has 0 aromatic heterocycles. The van der Waals surface area contributed by atoms with Gasteiger partial charge in [0.1, 0.15) is 0 Å². The molecule has 1 heterocycles. The minimum Gasteiger partial charge on any atom is -0.379 e. The maximum atomic E-state index is 5.64. The largest absolute Gasteiger partial charge is 0.379 e. The van der Waals surface area contributed by atoms with Gasteiger partial charge in [0.05, 0.1) is 5.22 Å².